The Balaban J connectivity index is 1.46. The maximum Gasteiger partial charge on any atom is 0.303 e. The van der Waals surface area contributed by atoms with E-state index >= 15 is 0 Å². The van der Waals surface area contributed by atoms with Crippen LogP contribution in [0.5, 0.6) is 0 Å². The molecule has 4 rings (SSSR count). The van der Waals surface area contributed by atoms with Gasteiger partial charge in [0.05, 0.1) is 4.90 Å². The number of benzene rings is 3. The summed E-state index contributed by atoms with van der Waals surface area (Å²) in [6.07, 6.45) is 1.33. The quantitative estimate of drug-likeness (QED) is 0.379. The van der Waals surface area contributed by atoms with Crippen molar-refractivity contribution in [1.29, 1.82) is 0 Å². The number of hydrogen-bond donors (Lipinski definition) is 3. The molecule has 0 bridgehead atoms. The minimum atomic E-state index is -3.88. The molecule has 1 aliphatic rings. The third-order valence-corrected chi connectivity index (χ3v) is 8.34. The molecule has 3 aromatic carbocycles. The van der Waals surface area contributed by atoms with E-state index < -0.39 is 16.0 Å². The average molecular weight is 538 g/mol. The molecule has 0 atom stereocenters. The Kier molecular flexibility index (Phi) is 8.43. The van der Waals surface area contributed by atoms with Crippen LogP contribution in [0.2, 0.25) is 0 Å². The van der Waals surface area contributed by atoms with Crippen molar-refractivity contribution in [3.8, 4) is 0 Å². The van der Waals surface area contributed by atoms with Crippen molar-refractivity contribution in [3.63, 3.8) is 0 Å². The van der Waals surface area contributed by atoms with E-state index in [1.807, 2.05) is 19.1 Å². The van der Waals surface area contributed by atoms with Gasteiger partial charge in [-0.2, -0.15) is 0 Å². The van der Waals surface area contributed by atoms with Crippen molar-refractivity contribution in [2.75, 3.05) is 18.4 Å². The Labute approximate surface area is 221 Å². The topological polar surface area (TPSA) is 133 Å². The van der Waals surface area contributed by atoms with Crippen molar-refractivity contribution >= 4 is 44.3 Å². The molecule has 200 valence electrons. The van der Waals surface area contributed by atoms with Gasteiger partial charge in [-0.15, -0.1) is 0 Å². The van der Waals surface area contributed by atoms with E-state index in [1.165, 1.54) is 0 Å². The highest BCUT2D eigenvalue weighted by molar-refractivity contribution is 7.89. The Hall–Kier alpha value is -3.76. The van der Waals surface area contributed by atoms with Gasteiger partial charge in [0, 0.05) is 54.0 Å². The lowest BCUT2D eigenvalue weighted by Crippen LogP contribution is -2.46. The number of amides is 2. The van der Waals surface area contributed by atoms with Crippen LogP contribution < -0.4 is 10.0 Å². The monoisotopic (exact) mass is 537 g/mol. The highest BCUT2D eigenvalue weighted by Gasteiger charge is 2.27. The Bertz CT molecular complexity index is 1460. The average Bonchev–Trinajstić information content (AvgIpc) is 2.88. The molecule has 1 saturated heterocycles. The number of anilines is 1. The lowest BCUT2D eigenvalue weighted by atomic mass is 10.1. The summed E-state index contributed by atoms with van der Waals surface area (Å²) in [5, 5.41) is 12.8. The lowest BCUT2D eigenvalue weighted by molar-refractivity contribution is -0.137. The molecule has 3 N–H and O–H groups in total. The summed E-state index contributed by atoms with van der Waals surface area (Å²) in [4.78, 5) is 37.7. The van der Waals surface area contributed by atoms with Gasteiger partial charge in [-0.3, -0.25) is 14.4 Å². The summed E-state index contributed by atoms with van der Waals surface area (Å²) >= 11 is 0. The number of sulfonamides is 1. The fraction of sp³-hybridized carbons (Fsp3) is 0.321. The molecule has 1 aliphatic heterocycles. The predicted molar refractivity (Wildman–Crippen MR) is 144 cm³/mol. The first-order chi connectivity index (χ1) is 18.2. The molecule has 2 amide bonds. The van der Waals surface area contributed by atoms with Crippen molar-refractivity contribution in [1.82, 2.24) is 9.62 Å². The van der Waals surface area contributed by atoms with Crippen LogP contribution >= 0.6 is 0 Å². The smallest absolute Gasteiger partial charge is 0.303 e. The van der Waals surface area contributed by atoms with Gasteiger partial charge in [-0.25, -0.2) is 13.1 Å². The van der Waals surface area contributed by atoms with Crippen LogP contribution in [0.15, 0.2) is 65.6 Å². The predicted octanol–water partition coefficient (Wildman–Crippen LogP) is 3.92. The number of carbonyl (C=O) groups excluding carboxylic acids is 2. The highest BCUT2D eigenvalue weighted by atomic mass is 32.2. The second kappa shape index (κ2) is 11.7. The molecular weight excluding hydrogens is 506 g/mol. The van der Waals surface area contributed by atoms with Crippen LogP contribution in [0.4, 0.5) is 5.69 Å². The molecule has 1 fully saturated rings. The zero-order valence-corrected chi connectivity index (χ0v) is 22.0. The molecule has 0 radical (unpaired) electrons. The Morgan fingerprint density at radius 3 is 2.32 bits per heavy atom. The normalized spacial score (nSPS) is 14.4. The maximum absolute atomic E-state index is 13.4. The van der Waals surface area contributed by atoms with Crippen LogP contribution in [-0.4, -0.2) is 55.3 Å². The Morgan fingerprint density at radius 1 is 0.921 bits per heavy atom. The van der Waals surface area contributed by atoms with E-state index in [1.54, 1.807) is 53.4 Å². The number of carbonyl (C=O) groups is 3. The molecule has 0 aliphatic carbocycles. The van der Waals surface area contributed by atoms with E-state index in [9.17, 15) is 22.8 Å². The standard InChI is InChI=1S/C28H31N3O6S/c1-19-7-2-3-8-21(19)28(35)29-24-11-4-10-23-22(24)9-5-12-25(23)38(36,37)30-20-15-17-31(18-16-20)26(32)13-6-14-27(33)34/h2-5,7-12,20,30H,6,13-18H2,1H3,(H,29,35)(H,33,34). The number of fused-ring (bicyclic) bond motifs is 1. The number of carboxylic acid groups (broad SMARTS) is 1. The first-order valence-corrected chi connectivity index (χ1v) is 14.0. The molecule has 3 aromatic rings. The molecule has 1 heterocycles. The van der Waals surface area contributed by atoms with Gasteiger partial charge in [0.1, 0.15) is 0 Å². The largest absolute Gasteiger partial charge is 0.481 e. The van der Waals surface area contributed by atoms with Gasteiger partial charge in [-0.05, 0) is 49.9 Å². The number of aryl methyl sites for hydroxylation is 1. The maximum atomic E-state index is 13.4. The minimum Gasteiger partial charge on any atom is -0.481 e. The number of nitrogens with zero attached hydrogens (tertiary/aromatic N) is 1. The number of carboxylic acids is 1. The zero-order valence-electron chi connectivity index (χ0n) is 21.1. The summed E-state index contributed by atoms with van der Waals surface area (Å²) in [5.74, 6) is -1.31. The van der Waals surface area contributed by atoms with Gasteiger partial charge < -0.3 is 15.3 Å². The summed E-state index contributed by atoms with van der Waals surface area (Å²) in [6.45, 7) is 2.67. The second-order valence-corrected chi connectivity index (χ2v) is 11.1. The first-order valence-electron chi connectivity index (χ1n) is 12.6. The third kappa shape index (κ3) is 6.38. The van der Waals surface area contributed by atoms with Crippen LogP contribution in [0.25, 0.3) is 10.8 Å². The van der Waals surface area contributed by atoms with E-state index in [2.05, 4.69) is 10.0 Å². The number of nitrogens with one attached hydrogen (secondary N) is 2. The fourth-order valence-corrected chi connectivity index (χ4v) is 6.25. The highest BCUT2D eigenvalue weighted by Crippen LogP contribution is 2.30. The van der Waals surface area contributed by atoms with E-state index in [-0.39, 0.29) is 42.0 Å². The summed E-state index contributed by atoms with van der Waals surface area (Å²) in [5.41, 5.74) is 1.90. The van der Waals surface area contributed by atoms with Crippen molar-refractivity contribution in [3.05, 3.63) is 71.8 Å². The number of rotatable bonds is 9. The Morgan fingerprint density at radius 2 is 1.61 bits per heavy atom. The van der Waals surface area contributed by atoms with Crippen molar-refractivity contribution in [2.45, 2.75) is 50.0 Å². The van der Waals surface area contributed by atoms with Crippen molar-refractivity contribution < 1.29 is 27.9 Å². The van der Waals surface area contributed by atoms with Crippen LogP contribution in [0.1, 0.15) is 48.0 Å². The number of aliphatic carboxylic acids is 1. The molecule has 0 spiro atoms. The van der Waals surface area contributed by atoms with Crippen LogP contribution in [0.3, 0.4) is 0 Å². The van der Waals surface area contributed by atoms with Gasteiger partial charge in [0.25, 0.3) is 5.91 Å². The summed E-state index contributed by atoms with van der Waals surface area (Å²) in [7, 11) is -3.88. The third-order valence-electron chi connectivity index (χ3n) is 6.76. The molecule has 0 aromatic heterocycles. The van der Waals surface area contributed by atoms with Crippen LogP contribution in [0, 0.1) is 6.92 Å². The second-order valence-electron chi connectivity index (χ2n) is 9.45. The summed E-state index contributed by atoms with van der Waals surface area (Å²) in [6, 6.07) is 17.1. The molecule has 9 nitrogen and oxygen atoms in total. The van der Waals surface area contributed by atoms with Crippen LogP contribution in [-0.2, 0) is 19.6 Å². The SMILES string of the molecule is Cc1ccccc1C(=O)Nc1cccc2c(S(=O)(=O)NC3CCN(C(=O)CCCC(=O)O)CC3)cccc12. The van der Waals surface area contributed by atoms with Gasteiger partial charge in [0.2, 0.25) is 15.9 Å². The van der Waals surface area contributed by atoms with Gasteiger partial charge >= 0.3 is 5.97 Å². The lowest BCUT2D eigenvalue weighted by Gasteiger charge is -2.32. The van der Waals surface area contributed by atoms with E-state index in [0.717, 1.165) is 5.56 Å². The van der Waals surface area contributed by atoms with E-state index in [4.69, 9.17) is 5.11 Å². The number of hydrogen-bond acceptors (Lipinski definition) is 5. The van der Waals surface area contributed by atoms with Gasteiger partial charge in [-0.1, -0.05) is 42.5 Å². The molecule has 0 saturated carbocycles. The molecule has 0 unspecified atom stereocenters. The molecule has 38 heavy (non-hydrogen) atoms. The first kappa shape index (κ1) is 27.3. The van der Waals surface area contributed by atoms with Gasteiger partial charge in [0.15, 0.2) is 0 Å². The number of likely N-dealkylation sites (tertiary alicyclic amines) is 1. The number of piperidine rings is 1. The zero-order chi connectivity index (χ0) is 27.3. The summed E-state index contributed by atoms with van der Waals surface area (Å²) < 4.78 is 29.6. The molecular formula is C28H31N3O6S. The van der Waals surface area contributed by atoms with Crippen molar-refractivity contribution in [2.24, 2.45) is 0 Å². The minimum absolute atomic E-state index is 0.0513. The fourth-order valence-electron chi connectivity index (χ4n) is 4.72. The molecule has 10 heteroatoms. The van der Waals surface area contributed by atoms with E-state index in [0.29, 0.717) is 48.0 Å².